The quantitative estimate of drug-likeness (QED) is 0.811. The van der Waals surface area contributed by atoms with Crippen molar-refractivity contribution in [3.63, 3.8) is 0 Å². The number of carbonyl (C=O) groups excluding carboxylic acids is 1. The molecule has 122 valence electrons. The number of aromatic nitrogens is 3. The number of rotatable bonds is 5. The second kappa shape index (κ2) is 6.48. The van der Waals surface area contributed by atoms with E-state index in [-0.39, 0.29) is 23.7 Å². The van der Waals surface area contributed by atoms with E-state index < -0.39 is 0 Å². The molecule has 2 fully saturated rings. The van der Waals surface area contributed by atoms with Crippen molar-refractivity contribution in [3.05, 3.63) is 10.5 Å². The fourth-order valence-corrected chi connectivity index (χ4v) is 4.04. The molecule has 1 amide bonds. The first-order valence-electron chi connectivity index (χ1n) is 8.15. The summed E-state index contributed by atoms with van der Waals surface area (Å²) in [6, 6.07) is 0.553. The maximum absolute atomic E-state index is 12.2. The molecule has 6 nitrogen and oxygen atoms in total. The van der Waals surface area contributed by atoms with Crippen LogP contribution in [0.25, 0.3) is 0 Å². The normalized spacial score (nSPS) is 28.5. The van der Waals surface area contributed by atoms with Gasteiger partial charge in [0.05, 0.1) is 5.75 Å². The molecule has 0 bridgehead atoms. The van der Waals surface area contributed by atoms with Crippen molar-refractivity contribution >= 4 is 17.7 Å². The van der Waals surface area contributed by atoms with E-state index >= 15 is 0 Å². The van der Waals surface area contributed by atoms with Crippen LogP contribution in [0, 0.1) is 11.8 Å². The number of nitrogens with one attached hydrogen (secondary N) is 2. The number of H-pyrrole nitrogens is 1. The predicted octanol–water partition coefficient (Wildman–Crippen LogP) is 1.94. The highest BCUT2D eigenvalue weighted by atomic mass is 32.2. The van der Waals surface area contributed by atoms with Crippen molar-refractivity contribution in [3.8, 4) is 0 Å². The monoisotopic (exact) mass is 324 g/mol. The fraction of sp³-hybridized carbons (Fsp3) is 0.800. The summed E-state index contributed by atoms with van der Waals surface area (Å²) in [6.45, 7) is 4.48. The van der Waals surface area contributed by atoms with E-state index in [0.717, 1.165) is 19.3 Å². The molecular weight excluding hydrogens is 300 g/mol. The van der Waals surface area contributed by atoms with Crippen LogP contribution < -0.4 is 11.0 Å². The molecule has 1 heterocycles. The van der Waals surface area contributed by atoms with Crippen molar-refractivity contribution < 1.29 is 4.79 Å². The largest absolute Gasteiger partial charge is 0.352 e. The molecule has 1 aromatic rings. The molecule has 22 heavy (non-hydrogen) atoms. The number of thioether (sulfide) groups is 1. The Morgan fingerprint density at radius 1 is 1.36 bits per heavy atom. The fourth-order valence-electron chi connectivity index (χ4n) is 3.21. The van der Waals surface area contributed by atoms with Crippen LogP contribution in [0.15, 0.2) is 9.95 Å². The van der Waals surface area contributed by atoms with Gasteiger partial charge in [0, 0.05) is 12.1 Å². The van der Waals surface area contributed by atoms with Gasteiger partial charge >= 0.3 is 5.69 Å². The van der Waals surface area contributed by atoms with Crippen molar-refractivity contribution in [2.75, 3.05) is 5.75 Å². The van der Waals surface area contributed by atoms with Crippen LogP contribution in [0.5, 0.6) is 0 Å². The number of amides is 1. The van der Waals surface area contributed by atoms with Crippen LogP contribution in [0.4, 0.5) is 0 Å². The average Bonchev–Trinajstić information content (AvgIpc) is 3.25. The smallest absolute Gasteiger partial charge is 0.344 e. The lowest BCUT2D eigenvalue weighted by atomic mass is 9.78. The zero-order chi connectivity index (χ0) is 15.7. The molecule has 7 heteroatoms. The summed E-state index contributed by atoms with van der Waals surface area (Å²) < 4.78 is 1.68. The van der Waals surface area contributed by atoms with E-state index in [1.54, 1.807) is 4.57 Å². The van der Waals surface area contributed by atoms with Gasteiger partial charge in [-0.1, -0.05) is 38.5 Å². The van der Waals surface area contributed by atoms with Gasteiger partial charge in [-0.3, -0.25) is 9.36 Å². The van der Waals surface area contributed by atoms with Gasteiger partial charge in [0.2, 0.25) is 5.91 Å². The number of carbonyl (C=O) groups is 1. The van der Waals surface area contributed by atoms with E-state index in [1.165, 1.54) is 24.6 Å². The minimum atomic E-state index is -0.167. The summed E-state index contributed by atoms with van der Waals surface area (Å²) in [5, 5.41) is 10.3. The number of aromatic amines is 1. The zero-order valence-electron chi connectivity index (χ0n) is 13.2. The van der Waals surface area contributed by atoms with E-state index in [4.69, 9.17) is 0 Å². The third kappa shape index (κ3) is 3.39. The lowest BCUT2D eigenvalue weighted by molar-refractivity contribution is -0.120. The van der Waals surface area contributed by atoms with Gasteiger partial charge in [0.25, 0.3) is 0 Å². The Morgan fingerprint density at radius 2 is 2.14 bits per heavy atom. The highest BCUT2D eigenvalue weighted by Crippen LogP contribution is 2.36. The highest BCUT2D eigenvalue weighted by molar-refractivity contribution is 7.99. The van der Waals surface area contributed by atoms with Crippen LogP contribution in [0.3, 0.4) is 0 Å². The van der Waals surface area contributed by atoms with Crippen molar-refractivity contribution in [1.82, 2.24) is 20.1 Å². The lowest BCUT2D eigenvalue weighted by Crippen LogP contribution is -2.44. The van der Waals surface area contributed by atoms with Crippen molar-refractivity contribution in [1.29, 1.82) is 0 Å². The Morgan fingerprint density at radius 3 is 2.86 bits per heavy atom. The molecule has 0 radical (unpaired) electrons. The summed E-state index contributed by atoms with van der Waals surface area (Å²) in [5.41, 5.74) is -0.167. The number of nitrogens with zero attached hydrogens (tertiary/aromatic N) is 2. The first-order valence-corrected chi connectivity index (χ1v) is 9.14. The second-order valence-corrected chi connectivity index (χ2v) is 7.58. The Balaban J connectivity index is 1.53. The summed E-state index contributed by atoms with van der Waals surface area (Å²) in [5.74, 6) is 1.54. The molecule has 3 rings (SSSR count). The Labute approximate surface area is 134 Å². The van der Waals surface area contributed by atoms with Gasteiger partial charge in [0.1, 0.15) is 0 Å². The van der Waals surface area contributed by atoms with Crippen molar-refractivity contribution in [2.45, 2.75) is 63.2 Å². The second-order valence-electron chi connectivity index (χ2n) is 6.64. The molecule has 0 aliphatic heterocycles. The predicted molar refractivity (Wildman–Crippen MR) is 86.0 cm³/mol. The maximum atomic E-state index is 12.2. The lowest BCUT2D eigenvalue weighted by Gasteiger charge is -2.34. The van der Waals surface area contributed by atoms with Gasteiger partial charge in [-0.05, 0) is 31.1 Å². The SMILES string of the molecule is C[C@@H]1[C@H](C)CCC[C@@H]1NC(=O)CSc1n[nH]c(=O)n1C1CC1. The molecule has 1 aromatic heterocycles. The minimum absolute atomic E-state index is 0.0359. The summed E-state index contributed by atoms with van der Waals surface area (Å²) in [4.78, 5) is 23.9. The maximum Gasteiger partial charge on any atom is 0.344 e. The van der Waals surface area contributed by atoms with Crippen molar-refractivity contribution in [2.24, 2.45) is 11.8 Å². The third-order valence-corrected chi connectivity index (χ3v) is 5.92. The Bertz CT molecular complexity index is 593. The van der Waals surface area contributed by atoms with E-state index in [1.807, 2.05) is 0 Å². The van der Waals surface area contributed by atoms with Crippen LogP contribution >= 0.6 is 11.8 Å². The zero-order valence-corrected chi connectivity index (χ0v) is 14.0. The molecule has 0 unspecified atom stereocenters. The highest BCUT2D eigenvalue weighted by Gasteiger charge is 2.30. The first kappa shape index (κ1) is 15.6. The Kier molecular flexibility index (Phi) is 4.61. The van der Waals surface area contributed by atoms with Gasteiger partial charge in [-0.25, -0.2) is 9.89 Å². The van der Waals surface area contributed by atoms with E-state index in [9.17, 15) is 9.59 Å². The summed E-state index contributed by atoms with van der Waals surface area (Å²) in [7, 11) is 0. The summed E-state index contributed by atoms with van der Waals surface area (Å²) >= 11 is 1.34. The van der Waals surface area contributed by atoms with Crippen LogP contribution in [-0.2, 0) is 4.79 Å². The van der Waals surface area contributed by atoms with Gasteiger partial charge in [0.15, 0.2) is 5.16 Å². The molecule has 2 saturated carbocycles. The topological polar surface area (TPSA) is 79.8 Å². The third-order valence-electron chi connectivity index (χ3n) is 4.97. The number of hydrogen-bond donors (Lipinski definition) is 2. The molecule has 2 N–H and O–H groups in total. The van der Waals surface area contributed by atoms with Crippen LogP contribution in [-0.4, -0.2) is 32.5 Å². The van der Waals surface area contributed by atoms with Gasteiger partial charge < -0.3 is 5.32 Å². The molecule has 0 spiro atoms. The standard InChI is InChI=1S/C15H24N4O2S/c1-9-4-3-5-12(10(9)2)16-13(20)8-22-15-18-17-14(21)19(15)11-6-7-11/h9-12H,3-8H2,1-2H3,(H,16,20)(H,17,21)/t9-,10-,12+/m1/s1. The first-order chi connectivity index (χ1) is 10.6. The molecule has 0 aromatic carbocycles. The van der Waals surface area contributed by atoms with Crippen LogP contribution in [0.2, 0.25) is 0 Å². The van der Waals surface area contributed by atoms with Gasteiger partial charge in [-0.2, -0.15) is 0 Å². The minimum Gasteiger partial charge on any atom is -0.352 e. The van der Waals surface area contributed by atoms with E-state index in [2.05, 4.69) is 29.4 Å². The number of hydrogen-bond acceptors (Lipinski definition) is 4. The van der Waals surface area contributed by atoms with Crippen LogP contribution in [0.1, 0.15) is 52.0 Å². The molecule has 3 atom stereocenters. The molecule has 0 saturated heterocycles. The molecule has 2 aliphatic rings. The molecule has 2 aliphatic carbocycles. The Hall–Kier alpha value is -1.24. The van der Waals surface area contributed by atoms with Gasteiger partial charge in [-0.15, -0.1) is 5.10 Å². The summed E-state index contributed by atoms with van der Waals surface area (Å²) in [6.07, 6.45) is 5.55. The average molecular weight is 324 g/mol. The van der Waals surface area contributed by atoms with E-state index in [0.29, 0.717) is 22.7 Å². The molecular formula is C15H24N4O2S.